The number of hydrogen-bond acceptors (Lipinski definition) is 1. The lowest BCUT2D eigenvalue weighted by atomic mass is 9.63. The lowest BCUT2D eigenvalue weighted by Gasteiger charge is -2.42. The first-order chi connectivity index (χ1) is 15.1. The van der Waals surface area contributed by atoms with Crippen LogP contribution < -0.4 is 0 Å². The van der Waals surface area contributed by atoms with Gasteiger partial charge < -0.3 is 0 Å². The summed E-state index contributed by atoms with van der Waals surface area (Å²) in [6.45, 7) is 2.27. The molecule has 4 rings (SSSR count). The maximum absolute atomic E-state index is 14.8. The van der Waals surface area contributed by atoms with Crippen LogP contribution in [0.2, 0.25) is 0 Å². The van der Waals surface area contributed by atoms with E-state index in [9.17, 15) is 8.78 Å². The summed E-state index contributed by atoms with van der Waals surface area (Å²) in [4.78, 5) is 0. The summed E-state index contributed by atoms with van der Waals surface area (Å²) in [7, 11) is 0. The second-order valence-electron chi connectivity index (χ2n) is 10.1. The van der Waals surface area contributed by atoms with E-state index in [0.717, 1.165) is 36.2 Å². The lowest BCUT2D eigenvalue weighted by molar-refractivity contribution is 0.113. The summed E-state index contributed by atoms with van der Waals surface area (Å²) in [5.74, 6) is 1.97. The largest absolute Gasteiger partial charge is 0.206 e. The first kappa shape index (κ1) is 22.3. The fourth-order valence-electron chi connectivity index (χ4n) is 6.27. The van der Waals surface area contributed by atoms with Crippen molar-refractivity contribution in [1.29, 1.82) is 5.26 Å². The predicted molar refractivity (Wildman–Crippen MR) is 123 cm³/mol. The molecule has 2 fully saturated rings. The second kappa shape index (κ2) is 10.1. The zero-order valence-corrected chi connectivity index (χ0v) is 18.8. The Labute approximate surface area is 185 Å². The summed E-state index contributed by atoms with van der Waals surface area (Å²) < 4.78 is 28.9. The Morgan fingerprint density at radius 3 is 2.45 bits per heavy atom. The van der Waals surface area contributed by atoms with E-state index in [2.05, 4.69) is 6.92 Å². The predicted octanol–water partition coefficient (Wildman–Crippen LogP) is 8.65. The molecule has 2 aliphatic carbocycles. The number of benzene rings is 2. The molecule has 2 unspecified atom stereocenters. The zero-order valence-electron chi connectivity index (χ0n) is 18.8. The van der Waals surface area contributed by atoms with Crippen molar-refractivity contribution in [2.45, 2.75) is 89.9 Å². The standard InChI is InChI=1S/C28H35F2N/c1-2-3-4-5-6-7-19-8-9-21-13-22(11-10-20(21)12-19)23-14-24-17-27(29)25(18-31)15-26(24)28(30)16-23/h14-17,19-22H,2-13H2,1H3/t19-,20?,21-,22?/m1/s1. The van der Waals surface area contributed by atoms with E-state index in [0.29, 0.717) is 16.7 Å². The number of unbranched alkanes of at least 4 members (excludes halogenated alkanes) is 4. The molecule has 0 saturated heterocycles. The van der Waals surface area contributed by atoms with Gasteiger partial charge in [-0.15, -0.1) is 0 Å². The Bertz CT molecular complexity index is 944. The molecule has 4 atom stereocenters. The minimum atomic E-state index is -0.566. The van der Waals surface area contributed by atoms with Crippen molar-refractivity contribution < 1.29 is 8.78 Å². The topological polar surface area (TPSA) is 23.8 Å². The van der Waals surface area contributed by atoms with Crippen LogP contribution in [0, 0.1) is 40.7 Å². The van der Waals surface area contributed by atoms with E-state index in [4.69, 9.17) is 5.26 Å². The average Bonchev–Trinajstić information content (AvgIpc) is 2.78. The van der Waals surface area contributed by atoms with Gasteiger partial charge in [0.15, 0.2) is 0 Å². The van der Waals surface area contributed by atoms with Crippen LogP contribution in [0.1, 0.15) is 101 Å². The monoisotopic (exact) mass is 423 g/mol. The number of rotatable bonds is 7. The third-order valence-electron chi connectivity index (χ3n) is 8.04. The molecule has 0 amide bonds. The summed E-state index contributed by atoms with van der Waals surface area (Å²) >= 11 is 0. The Kier molecular flexibility index (Phi) is 7.26. The third-order valence-corrected chi connectivity index (χ3v) is 8.04. The number of nitriles is 1. The molecule has 0 aliphatic heterocycles. The lowest BCUT2D eigenvalue weighted by Crippen LogP contribution is -2.30. The van der Waals surface area contributed by atoms with Gasteiger partial charge in [-0.3, -0.25) is 0 Å². The number of halogens is 2. The number of fused-ring (bicyclic) bond motifs is 2. The molecule has 166 valence electrons. The van der Waals surface area contributed by atoms with E-state index in [1.165, 1.54) is 76.3 Å². The fraction of sp³-hybridized carbons (Fsp3) is 0.607. The zero-order chi connectivity index (χ0) is 21.8. The van der Waals surface area contributed by atoms with Crippen LogP contribution in [-0.2, 0) is 0 Å². The SMILES string of the molecule is CCCCCCC[C@@H]1CC[C@@H]2CC(c3cc(F)c4cc(C#N)c(F)cc4c3)CCC2C1. The quantitative estimate of drug-likeness (QED) is 0.409. The molecule has 2 aromatic carbocycles. The van der Waals surface area contributed by atoms with Crippen molar-refractivity contribution in [3.05, 3.63) is 47.0 Å². The van der Waals surface area contributed by atoms with Gasteiger partial charge in [-0.2, -0.15) is 5.26 Å². The summed E-state index contributed by atoms with van der Waals surface area (Å²) in [5, 5.41) is 9.94. The molecule has 2 saturated carbocycles. The molecule has 0 heterocycles. The van der Waals surface area contributed by atoms with Crippen molar-refractivity contribution in [2.24, 2.45) is 17.8 Å². The van der Waals surface area contributed by atoms with Crippen molar-refractivity contribution in [1.82, 2.24) is 0 Å². The van der Waals surface area contributed by atoms with E-state index in [1.54, 1.807) is 6.07 Å². The smallest absolute Gasteiger partial charge is 0.141 e. The summed E-state index contributed by atoms with van der Waals surface area (Å²) in [6.07, 6.45) is 15.8. The Morgan fingerprint density at radius 2 is 1.65 bits per heavy atom. The van der Waals surface area contributed by atoms with Gasteiger partial charge in [-0.25, -0.2) is 8.78 Å². The van der Waals surface area contributed by atoms with Gasteiger partial charge in [0, 0.05) is 5.39 Å². The number of nitrogens with zero attached hydrogens (tertiary/aromatic N) is 1. The van der Waals surface area contributed by atoms with Gasteiger partial charge in [-0.05, 0) is 84.9 Å². The molecule has 0 spiro atoms. The van der Waals surface area contributed by atoms with Crippen molar-refractivity contribution in [3.63, 3.8) is 0 Å². The molecule has 0 N–H and O–H groups in total. The molecular weight excluding hydrogens is 388 g/mol. The van der Waals surface area contributed by atoms with E-state index >= 15 is 0 Å². The summed E-state index contributed by atoms with van der Waals surface area (Å²) in [6, 6.07) is 8.05. The van der Waals surface area contributed by atoms with Crippen molar-refractivity contribution in [3.8, 4) is 6.07 Å². The van der Waals surface area contributed by atoms with Crippen molar-refractivity contribution >= 4 is 10.8 Å². The highest BCUT2D eigenvalue weighted by Crippen LogP contribution is 2.48. The van der Waals surface area contributed by atoms with E-state index in [-0.39, 0.29) is 11.4 Å². The van der Waals surface area contributed by atoms with Crippen LogP contribution in [0.5, 0.6) is 0 Å². The van der Waals surface area contributed by atoms with Gasteiger partial charge in [0.1, 0.15) is 17.7 Å². The average molecular weight is 424 g/mol. The Morgan fingerprint density at radius 1 is 0.871 bits per heavy atom. The second-order valence-corrected chi connectivity index (χ2v) is 10.1. The van der Waals surface area contributed by atoms with E-state index < -0.39 is 5.82 Å². The molecule has 2 aliphatic rings. The van der Waals surface area contributed by atoms with Crippen LogP contribution in [-0.4, -0.2) is 0 Å². The van der Waals surface area contributed by atoms with E-state index in [1.807, 2.05) is 12.1 Å². The van der Waals surface area contributed by atoms with Crippen LogP contribution in [0.15, 0.2) is 24.3 Å². The molecule has 2 aromatic rings. The third kappa shape index (κ3) is 5.11. The van der Waals surface area contributed by atoms with Gasteiger partial charge in [0.25, 0.3) is 0 Å². The highest BCUT2D eigenvalue weighted by Gasteiger charge is 2.36. The molecule has 0 bridgehead atoms. The van der Waals surface area contributed by atoms with Crippen LogP contribution in [0.4, 0.5) is 8.78 Å². The molecule has 1 nitrogen and oxygen atoms in total. The highest BCUT2D eigenvalue weighted by molar-refractivity contribution is 5.85. The maximum atomic E-state index is 14.8. The minimum Gasteiger partial charge on any atom is -0.206 e. The van der Waals surface area contributed by atoms with Gasteiger partial charge in [0.2, 0.25) is 0 Å². The Hall–Kier alpha value is -1.95. The first-order valence-electron chi connectivity index (χ1n) is 12.4. The fourth-order valence-corrected chi connectivity index (χ4v) is 6.27. The molecule has 3 heteroatoms. The van der Waals surface area contributed by atoms with Crippen molar-refractivity contribution in [2.75, 3.05) is 0 Å². The Balaban J connectivity index is 1.38. The molecule has 0 radical (unpaired) electrons. The molecule has 31 heavy (non-hydrogen) atoms. The minimum absolute atomic E-state index is 0.0956. The van der Waals surface area contributed by atoms with Gasteiger partial charge in [-0.1, -0.05) is 57.9 Å². The van der Waals surface area contributed by atoms with Crippen LogP contribution in [0.25, 0.3) is 10.8 Å². The molecule has 0 aromatic heterocycles. The number of hydrogen-bond donors (Lipinski definition) is 0. The normalized spacial score (nSPS) is 25.9. The van der Waals surface area contributed by atoms with Gasteiger partial charge >= 0.3 is 0 Å². The molecular formula is C28H35F2N. The van der Waals surface area contributed by atoms with Crippen LogP contribution in [0.3, 0.4) is 0 Å². The van der Waals surface area contributed by atoms with Gasteiger partial charge in [0.05, 0.1) is 5.56 Å². The van der Waals surface area contributed by atoms with Crippen LogP contribution >= 0.6 is 0 Å². The highest BCUT2D eigenvalue weighted by atomic mass is 19.1. The summed E-state index contributed by atoms with van der Waals surface area (Å²) in [5.41, 5.74) is 0.910. The first-order valence-corrected chi connectivity index (χ1v) is 12.4. The maximum Gasteiger partial charge on any atom is 0.141 e.